The SMILES string of the molecule is Cc1ccoc1CNCC1(CO)CC1. The molecule has 0 radical (unpaired) electrons. The number of hydrogen-bond acceptors (Lipinski definition) is 3. The Morgan fingerprint density at radius 2 is 2.36 bits per heavy atom. The molecule has 78 valence electrons. The van der Waals surface area contributed by atoms with Crippen LogP contribution in [0.5, 0.6) is 0 Å². The van der Waals surface area contributed by atoms with Crippen LogP contribution in [0.2, 0.25) is 0 Å². The van der Waals surface area contributed by atoms with Crippen LogP contribution in [-0.4, -0.2) is 18.3 Å². The van der Waals surface area contributed by atoms with E-state index in [9.17, 15) is 0 Å². The van der Waals surface area contributed by atoms with Crippen LogP contribution >= 0.6 is 0 Å². The second kappa shape index (κ2) is 3.75. The number of aliphatic hydroxyl groups excluding tert-OH is 1. The van der Waals surface area contributed by atoms with E-state index in [1.807, 2.05) is 13.0 Å². The van der Waals surface area contributed by atoms with Crippen molar-refractivity contribution in [3.8, 4) is 0 Å². The summed E-state index contributed by atoms with van der Waals surface area (Å²) in [7, 11) is 0. The molecule has 0 unspecified atom stereocenters. The highest BCUT2D eigenvalue weighted by Crippen LogP contribution is 2.44. The lowest BCUT2D eigenvalue weighted by Gasteiger charge is -2.11. The third-order valence-corrected chi connectivity index (χ3v) is 3.05. The van der Waals surface area contributed by atoms with E-state index in [0.717, 1.165) is 31.7 Å². The van der Waals surface area contributed by atoms with Gasteiger partial charge in [0.1, 0.15) is 5.76 Å². The molecule has 0 spiro atoms. The molecule has 0 aromatic carbocycles. The van der Waals surface area contributed by atoms with Gasteiger partial charge in [-0.15, -0.1) is 0 Å². The Bertz CT molecular complexity index is 302. The van der Waals surface area contributed by atoms with Crippen LogP contribution in [0.4, 0.5) is 0 Å². The van der Waals surface area contributed by atoms with E-state index in [-0.39, 0.29) is 5.41 Å². The molecule has 0 atom stereocenters. The maximum absolute atomic E-state index is 9.10. The average Bonchev–Trinajstić information content (AvgIpc) is 2.86. The van der Waals surface area contributed by atoms with Crippen LogP contribution in [-0.2, 0) is 6.54 Å². The van der Waals surface area contributed by atoms with Gasteiger partial charge in [-0.25, -0.2) is 0 Å². The van der Waals surface area contributed by atoms with E-state index in [1.54, 1.807) is 6.26 Å². The molecule has 2 rings (SSSR count). The Labute approximate surface area is 84.1 Å². The summed E-state index contributed by atoms with van der Waals surface area (Å²) in [6, 6.07) is 1.97. The Morgan fingerprint density at radius 3 is 2.86 bits per heavy atom. The lowest BCUT2D eigenvalue weighted by Crippen LogP contribution is -2.26. The van der Waals surface area contributed by atoms with E-state index in [2.05, 4.69) is 5.32 Å². The highest BCUT2D eigenvalue weighted by molar-refractivity contribution is 5.14. The Kier molecular flexibility index (Phi) is 2.61. The van der Waals surface area contributed by atoms with Gasteiger partial charge < -0.3 is 14.8 Å². The zero-order chi connectivity index (χ0) is 10.0. The minimum atomic E-state index is 0.181. The van der Waals surface area contributed by atoms with Crippen LogP contribution in [0, 0.1) is 12.3 Å². The Balaban J connectivity index is 1.76. The van der Waals surface area contributed by atoms with Gasteiger partial charge in [-0.05, 0) is 31.4 Å². The molecular weight excluding hydrogens is 178 g/mol. The van der Waals surface area contributed by atoms with E-state index >= 15 is 0 Å². The zero-order valence-electron chi connectivity index (χ0n) is 8.55. The second-order valence-electron chi connectivity index (χ2n) is 4.29. The summed E-state index contributed by atoms with van der Waals surface area (Å²) in [5.74, 6) is 0.999. The van der Waals surface area contributed by atoms with Gasteiger partial charge in [0, 0.05) is 18.6 Å². The molecule has 3 heteroatoms. The standard InChI is InChI=1S/C11H17NO2/c1-9-2-5-14-10(9)6-12-7-11(8-13)3-4-11/h2,5,12-13H,3-4,6-8H2,1H3. The van der Waals surface area contributed by atoms with Crippen molar-refractivity contribution in [1.82, 2.24) is 5.32 Å². The largest absolute Gasteiger partial charge is 0.468 e. The number of rotatable bonds is 5. The minimum absolute atomic E-state index is 0.181. The number of hydrogen-bond donors (Lipinski definition) is 2. The highest BCUT2D eigenvalue weighted by atomic mass is 16.3. The first-order valence-electron chi connectivity index (χ1n) is 5.10. The van der Waals surface area contributed by atoms with Crippen molar-refractivity contribution in [3.63, 3.8) is 0 Å². The van der Waals surface area contributed by atoms with Crippen molar-refractivity contribution in [1.29, 1.82) is 0 Å². The molecule has 1 aromatic rings. The topological polar surface area (TPSA) is 45.4 Å². The summed E-state index contributed by atoms with van der Waals surface area (Å²) >= 11 is 0. The molecule has 14 heavy (non-hydrogen) atoms. The zero-order valence-corrected chi connectivity index (χ0v) is 8.55. The molecule has 1 aromatic heterocycles. The van der Waals surface area contributed by atoms with Crippen LogP contribution in [0.1, 0.15) is 24.2 Å². The van der Waals surface area contributed by atoms with Gasteiger partial charge in [0.15, 0.2) is 0 Å². The predicted molar refractivity (Wildman–Crippen MR) is 53.9 cm³/mol. The predicted octanol–water partition coefficient (Wildman–Crippen LogP) is 1.45. The molecule has 1 aliphatic carbocycles. The fraction of sp³-hybridized carbons (Fsp3) is 0.636. The van der Waals surface area contributed by atoms with Crippen molar-refractivity contribution in [2.45, 2.75) is 26.3 Å². The summed E-state index contributed by atoms with van der Waals surface area (Å²) in [5, 5.41) is 12.4. The number of furan rings is 1. The molecule has 0 bridgehead atoms. The van der Waals surface area contributed by atoms with E-state index in [4.69, 9.17) is 9.52 Å². The fourth-order valence-corrected chi connectivity index (χ4v) is 1.59. The third kappa shape index (κ3) is 1.99. The van der Waals surface area contributed by atoms with Gasteiger partial charge in [-0.2, -0.15) is 0 Å². The van der Waals surface area contributed by atoms with Gasteiger partial charge in [-0.3, -0.25) is 0 Å². The normalized spacial score (nSPS) is 18.4. The van der Waals surface area contributed by atoms with Gasteiger partial charge in [0.05, 0.1) is 12.8 Å². The van der Waals surface area contributed by atoms with Crippen molar-refractivity contribution in [3.05, 3.63) is 23.7 Å². The summed E-state index contributed by atoms with van der Waals surface area (Å²) < 4.78 is 5.31. The van der Waals surface area contributed by atoms with Gasteiger partial charge in [-0.1, -0.05) is 0 Å². The third-order valence-electron chi connectivity index (χ3n) is 3.05. The first kappa shape index (κ1) is 9.74. The highest BCUT2D eigenvalue weighted by Gasteiger charge is 2.41. The molecule has 0 amide bonds. The number of aryl methyl sites for hydroxylation is 1. The molecule has 2 N–H and O–H groups in total. The van der Waals surface area contributed by atoms with Crippen molar-refractivity contribution < 1.29 is 9.52 Å². The van der Waals surface area contributed by atoms with Gasteiger partial charge >= 0.3 is 0 Å². The minimum Gasteiger partial charge on any atom is -0.468 e. The smallest absolute Gasteiger partial charge is 0.120 e. The lowest BCUT2D eigenvalue weighted by atomic mass is 10.1. The molecule has 1 saturated carbocycles. The summed E-state index contributed by atoms with van der Waals surface area (Å²) in [5.41, 5.74) is 1.37. The van der Waals surface area contributed by atoms with Crippen molar-refractivity contribution in [2.24, 2.45) is 5.41 Å². The Hall–Kier alpha value is -0.800. The van der Waals surface area contributed by atoms with E-state index < -0.39 is 0 Å². The van der Waals surface area contributed by atoms with Crippen LogP contribution < -0.4 is 5.32 Å². The summed E-state index contributed by atoms with van der Waals surface area (Å²) in [6.07, 6.45) is 4.01. The molecule has 0 saturated heterocycles. The van der Waals surface area contributed by atoms with Crippen LogP contribution in [0.15, 0.2) is 16.7 Å². The molecule has 1 heterocycles. The van der Waals surface area contributed by atoms with E-state index in [1.165, 1.54) is 5.56 Å². The van der Waals surface area contributed by atoms with Crippen molar-refractivity contribution in [2.75, 3.05) is 13.2 Å². The van der Waals surface area contributed by atoms with Crippen LogP contribution in [0.25, 0.3) is 0 Å². The fourth-order valence-electron chi connectivity index (χ4n) is 1.59. The lowest BCUT2D eigenvalue weighted by molar-refractivity contribution is 0.206. The van der Waals surface area contributed by atoms with Gasteiger partial charge in [0.25, 0.3) is 0 Å². The molecule has 3 nitrogen and oxygen atoms in total. The van der Waals surface area contributed by atoms with Crippen LogP contribution in [0.3, 0.4) is 0 Å². The maximum atomic E-state index is 9.10. The van der Waals surface area contributed by atoms with E-state index in [0.29, 0.717) is 6.61 Å². The maximum Gasteiger partial charge on any atom is 0.120 e. The van der Waals surface area contributed by atoms with Gasteiger partial charge in [0.2, 0.25) is 0 Å². The summed E-state index contributed by atoms with van der Waals surface area (Å²) in [4.78, 5) is 0. The number of nitrogens with one attached hydrogen (secondary N) is 1. The van der Waals surface area contributed by atoms with Crippen molar-refractivity contribution >= 4 is 0 Å². The molecule has 1 aliphatic rings. The first-order chi connectivity index (χ1) is 6.76. The molecule has 0 aliphatic heterocycles. The molecular formula is C11H17NO2. The average molecular weight is 195 g/mol. The molecule has 1 fully saturated rings. The summed E-state index contributed by atoms with van der Waals surface area (Å²) in [6.45, 7) is 4.00. The quantitative estimate of drug-likeness (QED) is 0.747. The number of aliphatic hydroxyl groups is 1. The monoisotopic (exact) mass is 195 g/mol. The Morgan fingerprint density at radius 1 is 1.57 bits per heavy atom. The second-order valence-corrected chi connectivity index (χ2v) is 4.29. The first-order valence-corrected chi connectivity index (χ1v) is 5.10.